The van der Waals surface area contributed by atoms with Crippen molar-refractivity contribution in [3.63, 3.8) is 0 Å². The van der Waals surface area contributed by atoms with Gasteiger partial charge in [0.1, 0.15) is 6.10 Å². The first-order chi connectivity index (χ1) is 12.8. The van der Waals surface area contributed by atoms with Crippen molar-refractivity contribution in [2.24, 2.45) is 0 Å². The second kappa shape index (κ2) is 9.21. The van der Waals surface area contributed by atoms with E-state index in [1.165, 1.54) is 12.4 Å². The quantitative estimate of drug-likeness (QED) is 0.773. The molecule has 0 radical (unpaired) electrons. The molecule has 1 amide bonds. The number of nitrogens with zero attached hydrogens (tertiary/aromatic N) is 3. The van der Waals surface area contributed by atoms with Crippen LogP contribution in [0.5, 0.6) is 0 Å². The fraction of sp³-hybridized carbons (Fsp3) is 0.444. The van der Waals surface area contributed by atoms with Crippen LogP contribution in [-0.2, 0) is 16.1 Å². The van der Waals surface area contributed by atoms with Gasteiger partial charge in [-0.15, -0.1) is 0 Å². The lowest BCUT2D eigenvalue weighted by Crippen LogP contribution is -2.50. The number of aromatic nitrogens is 3. The Balaban J connectivity index is 1.57. The van der Waals surface area contributed by atoms with Gasteiger partial charge in [-0.05, 0) is 25.5 Å². The molecule has 2 atom stereocenters. The lowest BCUT2D eigenvalue weighted by molar-refractivity contribution is -0.0743. The summed E-state index contributed by atoms with van der Waals surface area (Å²) in [5, 5.41) is 6.01. The van der Waals surface area contributed by atoms with Crippen LogP contribution in [0.1, 0.15) is 29.4 Å². The van der Waals surface area contributed by atoms with E-state index in [0.717, 1.165) is 12.2 Å². The number of rotatable bonds is 7. The highest BCUT2D eigenvalue weighted by Crippen LogP contribution is 2.14. The molecule has 8 nitrogen and oxygen atoms in total. The molecule has 1 saturated heterocycles. The largest absolute Gasteiger partial charge is 0.379 e. The van der Waals surface area contributed by atoms with Crippen molar-refractivity contribution in [2.45, 2.75) is 32.1 Å². The third-order valence-corrected chi connectivity index (χ3v) is 4.04. The summed E-state index contributed by atoms with van der Waals surface area (Å²) in [6, 6.07) is 5.55. The van der Waals surface area contributed by atoms with Gasteiger partial charge in [0.2, 0.25) is 5.95 Å². The molecule has 0 spiro atoms. The molecule has 3 rings (SSSR count). The van der Waals surface area contributed by atoms with E-state index in [9.17, 15) is 4.79 Å². The maximum Gasteiger partial charge on any atom is 0.254 e. The Morgan fingerprint density at radius 1 is 1.31 bits per heavy atom. The second-order valence-electron chi connectivity index (χ2n) is 5.94. The zero-order chi connectivity index (χ0) is 18.2. The Kier molecular flexibility index (Phi) is 6.45. The normalized spacial score (nSPS) is 19.7. The first-order valence-corrected chi connectivity index (χ1v) is 8.72. The number of hydrogen-bond acceptors (Lipinski definition) is 7. The summed E-state index contributed by atoms with van der Waals surface area (Å²) in [7, 11) is 0. The molecule has 2 aromatic rings. The van der Waals surface area contributed by atoms with Gasteiger partial charge in [-0.25, -0.2) is 9.97 Å². The van der Waals surface area contributed by atoms with E-state index in [2.05, 4.69) is 25.6 Å². The van der Waals surface area contributed by atoms with Crippen molar-refractivity contribution < 1.29 is 14.3 Å². The number of hydrogen-bond donors (Lipinski definition) is 2. The van der Waals surface area contributed by atoms with Crippen molar-refractivity contribution >= 4 is 11.9 Å². The first kappa shape index (κ1) is 18.2. The minimum atomic E-state index is -0.225. The molecule has 1 fully saturated rings. The number of ether oxygens (including phenoxy) is 2. The summed E-state index contributed by atoms with van der Waals surface area (Å²) in [5.41, 5.74) is 1.26. The molecule has 0 aromatic carbocycles. The van der Waals surface area contributed by atoms with E-state index in [-0.39, 0.29) is 18.1 Å². The topological polar surface area (TPSA) is 98.3 Å². The summed E-state index contributed by atoms with van der Waals surface area (Å²) in [4.78, 5) is 25.0. The van der Waals surface area contributed by atoms with Crippen LogP contribution in [0.3, 0.4) is 0 Å². The molecule has 0 saturated carbocycles. The molecule has 8 heteroatoms. The minimum Gasteiger partial charge on any atom is -0.379 e. The maximum absolute atomic E-state index is 12.5. The standard InChI is InChI=1S/C18H23N5O3/c1-2-19-18-21-9-13(10-22-18)17(24)23-15-6-8-25-12-16(15)26-11-14-5-3-4-7-20-14/h3-5,7,9-10,15-16H,2,6,8,11-12H2,1H3,(H,23,24)(H,19,21,22)/t15-,16-/m1/s1. The summed E-state index contributed by atoms with van der Waals surface area (Å²) in [6.45, 7) is 4.09. The third-order valence-electron chi connectivity index (χ3n) is 4.04. The number of nitrogens with one attached hydrogen (secondary N) is 2. The predicted molar refractivity (Wildman–Crippen MR) is 95.7 cm³/mol. The number of pyridine rings is 1. The highest BCUT2D eigenvalue weighted by Gasteiger charge is 2.28. The molecule has 2 N–H and O–H groups in total. The maximum atomic E-state index is 12.5. The fourth-order valence-electron chi connectivity index (χ4n) is 2.66. The van der Waals surface area contributed by atoms with Crippen LogP contribution in [-0.4, -0.2) is 52.8 Å². The highest BCUT2D eigenvalue weighted by atomic mass is 16.5. The van der Waals surface area contributed by atoms with Crippen LogP contribution in [0.25, 0.3) is 0 Å². The van der Waals surface area contributed by atoms with E-state index >= 15 is 0 Å². The van der Waals surface area contributed by atoms with Gasteiger partial charge in [-0.2, -0.15) is 0 Å². The Hall–Kier alpha value is -2.58. The van der Waals surface area contributed by atoms with Gasteiger partial charge in [-0.3, -0.25) is 9.78 Å². The smallest absolute Gasteiger partial charge is 0.254 e. The fourth-order valence-corrected chi connectivity index (χ4v) is 2.66. The molecule has 1 aliphatic heterocycles. The molecule has 0 aliphatic carbocycles. The summed E-state index contributed by atoms with van der Waals surface area (Å²) < 4.78 is 11.4. The monoisotopic (exact) mass is 357 g/mol. The molecule has 138 valence electrons. The van der Waals surface area contributed by atoms with Crippen molar-refractivity contribution in [3.8, 4) is 0 Å². The minimum absolute atomic E-state index is 0.131. The van der Waals surface area contributed by atoms with Crippen LogP contribution in [0.15, 0.2) is 36.8 Å². The Morgan fingerprint density at radius 2 is 2.15 bits per heavy atom. The summed E-state index contributed by atoms with van der Waals surface area (Å²) in [6.07, 6.45) is 5.23. The zero-order valence-electron chi connectivity index (χ0n) is 14.7. The van der Waals surface area contributed by atoms with Crippen molar-refractivity contribution in [2.75, 3.05) is 25.1 Å². The number of carbonyl (C=O) groups excluding carboxylic acids is 1. The van der Waals surface area contributed by atoms with E-state index in [1.807, 2.05) is 25.1 Å². The molecule has 0 bridgehead atoms. The lowest BCUT2D eigenvalue weighted by atomic mass is 10.1. The number of amides is 1. The SMILES string of the molecule is CCNc1ncc(C(=O)N[C@@H]2CCOC[C@H]2OCc2ccccn2)cn1. The molecule has 0 unspecified atom stereocenters. The average Bonchev–Trinajstić information content (AvgIpc) is 2.69. The summed E-state index contributed by atoms with van der Waals surface area (Å²) in [5.74, 6) is 0.290. The van der Waals surface area contributed by atoms with Crippen LogP contribution in [0.2, 0.25) is 0 Å². The van der Waals surface area contributed by atoms with Gasteiger partial charge in [0, 0.05) is 31.7 Å². The zero-order valence-corrected chi connectivity index (χ0v) is 14.7. The average molecular weight is 357 g/mol. The third kappa shape index (κ3) is 4.96. The van der Waals surface area contributed by atoms with Gasteiger partial charge >= 0.3 is 0 Å². The van der Waals surface area contributed by atoms with E-state index < -0.39 is 0 Å². The molecular weight excluding hydrogens is 334 g/mol. The van der Waals surface area contributed by atoms with Crippen LogP contribution >= 0.6 is 0 Å². The van der Waals surface area contributed by atoms with Crippen molar-refractivity contribution in [3.05, 3.63) is 48.0 Å². The van der Waals surface area contributed by atoms with Gasteiger partial charge in [-0.1, -0.05) is 6.07 Å². The first-order valence-electron chi connectivity index (χ1n) is 8.72. The molecular formula is C18H23N5O3. The molecule has 3 heterocycles. The Morgan fingerprint density at radius 3 is 2.88 bits per heavy atom. The Labute approximate surface area is 152 Å². The molecule has 26 heavy (non-hydrogen) atoms. The summed E-state index contributed by atoms with van der Waals surface area (Å²) >= 11 is 0. The Bertz CT molecular complexity index is 696. The predicted octanol–water partition coefficient (Wildman–Crippen LogP) is 1.41. The van der Waals surface area contributed by atoms with Crippen LogP contribution in [0, 0.1) is 0 Å². The number of anilines is 1. The molecule has 1 aliphatic rings. The second-order valence-corrected chi connectivity index (χ2v) is 5.94. The van der Waals surface area contributed by atoms with E-state index in [1.54, 1.807) is 6.20 Å². The van der Waals surface area contributed by atoms with Crippen molar-refractivity contribution in [1.82, 2.24) is 20.3 Å². The van der Waals surface area contributed by atoms with E-state index in [0.29, 0.717) is 37.8 Å². The van der Waals surface area contributed by atoms with Gasteiger partial charge < -0.3 is 20.1 Å². The highest BCUT2D eigenvalue weighted by molar-refractivity contribution is 5.93. The van der Waals surface area contributed by atoms with Gasteiger partial charge in [0.15, 0.2) is 0 Å². The van der Waals surface area contributed by atoms with Crippen LogP contribution < -0.4 is 10.6 Å². The van der Waals surface area contributed by atoms with Gasteiger partial charge in [0.25, 0.3) is 5.91 Å². The van der Waals surface area contributed by atoms with Crippen molar-refractivity contribution in [1.29, 1.82) is 0 Å². The van der Waals surface area contributed by atoms with Gasteiger partial charge in [0.05, 0.1) is 30.5 Å². The van der Waals surface area contributed by atoms with E-state index in [4.69, 9.17) is 9.47 Å². The lowest BCUT2D eigenvalue weighted by Gasteiger charge is -2.32. The van der Waals surface area contributed by atoms with Crippen LogP contribution in [0.4, 0.5) is 5.95 Å². The molecule has 2 aromatic heterocycles. The number of carbonyl (C=O) groups is 1.